The normalized spacial score (nSPS) is 11.5. The number of hydrogen-bond donors (Lipinski definition) is 3. The fraction of sp³-hybridized carbons (Fsp3) is 0.158. The van der Waals surface area contributed by atoms with E-state index in [0.29, 0.717) is 0 Å². The molecule has 0 saturated heterocycles. The number of amides is 1. The van der Waals surface area contributed by atoms with Crippen molar-refractivity contribution in [3.63, 3.8) is 0 Å². The Bertz CT molecular complexity index is 1040. The molecule has 2 heterocycles. The number of pyridine rings is 1. The molecule has 1 aromatic carbocycles. The Morgan fingerprint density at radius 3 is 2.36 bits per heavy atom. The molecule has 0 aliphatic heterocycles. The fourth-order valence-corrected chi connectivity index (χ4v) is 3.66. The van der Waals surface area contributed by atoms with E-state index in [0.717, 1.165) is 29.5 Å². The maximum Gasteiger partial charge on any atom is 0.251 e. The molecule has 2 aromatic heterocycles. The Morgan fingerprint density at radius 1 is 1.18 bits per heavy atom. The first kappa shape index (κ1) is 19.8. The van der Waals surface area contributed by atoms with E-state index in [-0.39, 0.29) is 32.4 Å². The molecule has 9 heteroatoms. The predicted molar refractivity (Wildman–Crippen MR) is 101 cm³/mol. The number of carbonyl (C=O) groups excluding carboxylic acids is 1. The molecule has 0 aliphatic rings. The Labute approximate surface area is 162 Å². The molecule has 146 valence electrons. The number of hydrogen-bond acceptors (Lipinski definition) is 5. The second kappa shape index (κ2) is 7.25. The summed E-state index contributed by atoms with van der Waals surface area (Å²) in [6.45, 7) is 2.82. The Morgan fingerprint density at radius 2 is 1.82 bits per heavy atom. The van der Waals surface area contributed by atoms with Crippen LogP contribution in [0.4, 0.5) is 24.0 Å². The number of aromatic nitrogens is 1. The van der Waals surface area contributed by atoms with Gasteiger partial charge in [-0.25, -0.2) is 13.8 Å². The van der Waals surface area contributed by atoms with Crippen molar-refractivity contribution in [3.8, 4) is 10.4 Å². The molecule has 0 bridgehead atoms. The molecule has 28 heavy (non-hydrogen) atoms. The van der Waals surface area contributed by atoms with Gasteiger partial charge < -0.3 is 16.2 Å². The van der Waals surface area contributed by atoms with Crippen LogP contribution in [0.25, 0.3) is 10.4 Å². The van der Waals surface area contributed by atoms with Gasteiger partial charge in [-0.15, -0.1) is 11.3 Å². The molecule has 0 spiro atoms. The number of rotatable bonds is 5. The van der Waals surface area contributed by atoms with Gasteiger partial charge in [0.15, 0.2) is 0 Å². The van der Waals surface area contributed by atoms with Crippen LogP contribution in [0.1, 0.15) is 29.8 Å². The largest absolute Gasteiger partial charge is 0.386 e. The van der Waals surface area contributed by atoms with Crippen molar-refractivity contribution >= 4 is 28.1 Å². The van der Waals surface area contributed by atoms with Gasteiger partial charge >= 0.3 is 0 Å². The lowest BCUT2D eigenvalue weighted by Gasteiger charge is -2.18. The SMILES string of the molecule is CC(C)(O)c1cc(F)c(-c2cc(C(N)=O)c(Nc3cccc(F)n3)s2)c(F)c1. The van der Waals surface area contributed by atoms with Crippen molar-refractivity contribution in [2.45, 2.75) is 19.4 Å². The van der Waals surface area contributed by atoms with E-state index in [4.69, 9.17) is 5.73 Å². The molecule has 3 aromatic rings. The molecule has 3 rings (SSSR count). The Hall–Kier alpha value is -2.91. The highest BCUT2D eigenvalue weighted by Crippen LogP contribution is 2.40. The van der Waals surface area contributed by atoms with Gasteiger partial charge in [0.05, 0.1) is 16.7 Å². The number of halogens is 3. The average molecular weight is 407 g/mol. The Balaban J connectivity index is 2.08. The fourth-order valence-electron chi connectivity index (χ4n) is 2.55. The summed E-state index contributed by atoms with van der Waals surface area (Å²) in [5, 5.41) is 12.9. The van der Waals surface area contributed by atoms with Crippen molar-refractivity contribution in [1.29, 1.82) is 0 Å². The van der Waals surface area contributed by atoms with Crippen molar-refractivity contribution in [3.05, 3.63) is 65.1 Å². The third-order valence-electron chi connectivity index (χ3n) is 3.95. The summed E-state index contributed by atoms with van der Waals surface area (Å²) in [6.07, 6.45) is 0. The van der Waals surface area contributed by atoms with Crippen molar-refractivity contribution < 1.29 is 23.1 Å². The van der Waals surface area contributed by atoms with Gasteiger partial charge in [-0.05, 0) is 49.7 Å². The maximum absolute atomic E-state index is 14.6. The maximum atomic E-state index is 14.6. The number of aliphatic hydroxyl groups is 1. The number of benzene rings is 1. The first-order chi connectivity index (χ1) is 13.1. The van der Waals surface area contributed by atoms with E-state index in [2.05, 4.69) is 10.3 Å². The minimum absolute atomic E-state index is 0.0172. The van der Waals surface area contributed by atoms with Crippen molar-refractivity contribution in [2.75, 3.05) is 5.32 Å². The topological polar surface area (TPSA) is 88.2 Å². The highest BCUT2D eigenvalue weighted by Gasteiger charge is 2.24. The van der Waals surface area contributed by atoms with Crippen LogP contribution in [-0.4, -0.2) is 16.0 Å². The van der Waals surface area contributed by atoms with Gasteiger partial charge in [0.2, 0.25) is 5.95 Å². The summed E-state index contributed by atoms with van der Waals surface area (Å²) in [4.78, 5) is 15.5. The lowest BCUT2D eigenvalue weighted by molar-refractivity contribution is 0.0778. The zero-order valence-corrected chi connectivity index (χ0v) is 15.7. The lowest BCUT2D eigenvalue weighted by Crippen LogP contribution is -2.16. The standard InChI is InChI=1S/C19H16F3N3O2S/c1-19(2,27)9-6-11(20)16(12(21)7-9)13-8-10(17(23)26)18(28-13)25-15-5-3-4-14(22)24-15/h3-8,27H,1-2H3,(H2,23,26)(H,24,25). The summed E-state index contributed by atoms with van der Waals surface area (Å²) in [5.74, 6) is -3.25. The molecule has 0 aliphatic carbocycles. The van der Waals surface area contributed by atoms with Crippen LogP contribution in [0.15, 0.2) is 36.4 Å². The van der Waals surface area contributed by atoms with Gasteiger partial charge in [0.25, 0.3) is 5.91 Å². The number of nitrogens with two attached hydrogens (primary N) is 1. The number of carbonyl (C=O) groups is 1. The van der Waals surface area contributed by atoms with Crippen LogP contribution >= 0.6 is 11.3 Å². The number of nitrogens with zero attached hydrogens (tertiary/aromatic N) is 1. The molecule has 5 nitrogen and oxygen atoms in total. The van der Waals surface area contributed by atoms with Gasteiger partial charge in [0.1, 0.15) is 22.5 Å². The highest BCUT2D eigenvalue weighted by molar-refractivity contribution is 7.20. The zero-order valence-electron chi connectivity index (χ0n) is 14.9. The van der Waals surface area contributed by atoms with E-state index >= 15 is 0 Å². The molecule has 0 unspecified atom stereocenters. The van der Waals surface area contributed by atoms with Crippen LogP contribution < -0.4 is 11.1 Å². The first-order valence-electron chi connectivity index (χ1n) is 8.11. The second-order valence-corrected chi connectivity index (χ2v) is 7.61. The minimum atomic E-state index is -1.43. The highest BCUT2D eigenvalue weighted by atomic mass is 32.1. The van der Waals surface area contributed by atoms with Gasteiger partial charge in [-0.3, -0.25) is 4.79 Å². The van der Waals surface area contributed by atoms with Crippen LogP contribution in [0, 0.1) is 17.6 Å². The van der Waals surface area contributed by atoms with Crippen molar-refractivity contribution in [2.24, 2.45) is 5.73 Å². The molecule has 4 N–H and O–H groups in total. The number of primary amides is 1. The summed E-state index contributed by atoms with van der Waals surface area (Å²) in [6, 6.07) is 7.34. The quantitative estimate of drug-likeness (QED) is 0.551. The molecule has 0 radical (unpaired) electrons. The van der Waals surface area contributed by atoms with E-state index < -0.39 is 29.1 Å². The van der Waals surface area contributed by atoms with Crippen LogP contribution in [0.3, 0.4) is 0 Å². The summed E-state index contributed by atoms with van der Waals surface area (Å²) >= 11 is 0.866. The number of anilines is 2. The van der Waals surface area contributed by atoms with Crippen LogP contribution in [0.5, 0.6) is 0 Å². The van der Waals surface area contributed by atoms with Gasteiger partial charge in [0, 0.05) is 4.88 Å². The van der Waals surface area contributed by atoms with Crippen LogP contribution in [0.2, 0.25) is 0 Å². The van der Waals surface area contributed by atoms with Gasteiger partial charge in [-0.2, -0.15) is 4.39 Å². The second-order valence-electron chi connectivity index (χ2n) is 6.56. The summed E-state index contributed by atoms with van der Waals surface area (Å²) in [5.41, 5.74) is 3.62. The summed E-state index contributed by atoms with van der Waals surface area (Å²) < 4.78 is 42.5. The molecular weight excluding hydrogens is 391 g/mol. The molecular formula is C19H16F3N3O2S. The van der Waals surface area contributed by atoms with Crippen LogP contribution in [-0.2, 0) is 5.60 Å². The van der Waals surface area contributed by atoms with E-state index in [1.54, 1.807) is 0 Å². The number of nitrogens with one attached hydrogen (secondary N) is 1. The zero-order chi connectivity index (χ0) is 20.6. The smallest absolute Gasteiger partial charge is 0.251 e. The third-order valence-corrected chi connectivity index (χ3v) is 5.02. The number of thiophene rings is 1. The molecule has 0 fully saturated rings. The monoisotopic (exact) mass is 407 g/mol. The van der Waals surface area contributed by atoms with E-state index in [1.807, 2.05) is 0 Å². The lowest BCUT2D eigenvalue weighted by atomic mass is 9.96. The average Bonchev–Trinajstić information content (AvgIpc) is 2.97. The summed E-state index contributed by atoms with van der Waals surface area (Å²) in [7, 11) is 0. The van der Waals surface area contributed by atoms with Crippen molar-refractivity contribution in [1.82, 2.24) is 4.98 Å². The third kappa shape index (κ3) is 4.00. The predicted octanol–water partition coefficient (Wildman–Crippen LogP) is 4.30. The Kier molecular flexibility index (Phi) is 5.14. The van der Waals surface area contributed by atoms with E-state index in [9.17, 15) is 23.1 Å². The first-order valence-corrected chi connectivity index (χ1v) is 8.93. The minimum Gasteiger partial charge on any atom is -0.386 e. The molecule has 0 atom stereocenters. The van der Waals surface area contributed by atoms with Gasteiger partial charge in [-0.1, -0.05) is 6.07 Å². The molecule has 0 saturated carbocycles. The molecule has 1 amide bonds. The van der Waals surface area contributed by atoms with E-state index in [1.165, 1.54) is 32.0 Å².